The molecule has 1 aromatic carbocycles. The highest BCUT2D eigenvalue weighted by Crippen LogP contribution is 2.41. The number of allylic oxidation sites excluding steroid dienone is 1. The van der Waals surface area contributed by atoms with Gasteiger partial charge in [-0.25, -0.2) is 8.42 Å². The predicted octanol–water partition coefficient (Wildman–Crippen LogP) is 5.16. The van der Waals surface area contributed by atoms with Crippen molar-refractivity contribution in [2.45, 2.75) is 57.8 Å². The fourth-order valence-electron chi connectivity index (χ4n) is 4.20. The Kier molecular flexibility index (Phi) is 6.58. The lowest BCUT2D eigenvalue weighted by Gasteiger charge is -2.17. The van der Waals surface area contributed by atoms with Gasteiger partial charge in [0.1, 0.15) is 11.0 Å². The number of benzene rings is 1. The molecule has 0 radical (unpaired) electrons. The summed E-state index contributed by atoms with van der Waals surface area (Å²) in [6.07, 6.45) is 5.54. The summed E-state index contributed by atoms with van der Waals surface area (Å²) in [5.41, 5.74) is 4.22. The molecule has 1 saturated heterocycles. The molecule has 154 valence electrons. The first-order chi connectivity index (χ1) is 13.2. The quantitative estimate of drug-likeness (QED) is 0.614. The van der Waals surface area contributed by atoms with Crippen LogP contribution in [0, 0.1) is 5.92 Å². The van der Waals surface area contributed by atoms with Crippen molar-refractivity contribution in [3.05, 3.63) is 45.5 Å². The molecule has 0 bridgehead atoms. The van der Waals surface area contributed by atoms with Gasteiger partial charge in [0.2, 0.25) is 0 Å². The van der Waals surface area contributed by atoms with Crippen LogP contribution in [-0.2, 0) is 14.6 Å². The summed E-state index contributed by atoms with van der Waals surface area (Å²) < 4.78 is 30.9. The van der Waals surface area contributed by atoms with Crippen LogP contribution >= 0.6 is 11.6 Å². The van der Waals surface area contributed by atoms with Gasteiger partial charge in [0.05, 0.1) is 23.5 Å². The van der Waals surface area contributed by atoms with Crippen molar-refractivity contribution < 1.29 is 18.3 Å². The summed E-state index contributed by atoms with van der Waals surface area (Å²) in [5.74, 6) is 0.561. The van der Waals surface area contributed by atoms with Crippen LogP contribution in [0.4, 0.5) is 0 Å². The maximum Gasteiger partial charge on any atom is 0.163 e. The largest absolute Gasteiger partial charge is 0.508 e. The van der Waals surface area contributed by atoms with Gasteiger partial charge in [-0.1, -0.05) is 50.4 Å². The maximum atomic E-state index is 12.5. The molecule has 0 aromatic heterocycles. The van der Waals surface area contributed by atoms with Crippen LogP contribution in [0.1, 0.15) is 52.0 Å². The highest BCUT2D eigenvalue weighted by molar-refractivity contribution is 7.92. The normalized spacial score (nSPS) is 24.2. The Labute approximate surface area is 173 Å². The van der Waals surface area contributed by atoms with Crippen molar-refractivity contribution in [1.82, 2.24) is 0 Å². The van der Waals surface area contributed by atoms with E-state index in [1.165, 1.54) is 5.57 Å². The number of ether oxygens (including phenoxy) is 1. The summed E-state index contributed by atoms with van der Waals surface area (Å²) in [6.45, 7) is 6.54. The number of halogens is 1. The Morgan fingerprint density at radius 2 is 2.11 bits per heavy atom. The number of phenolic OH excluding ortho intramolecular Hbond substituents is 1. The van der Waals surface area contributed by atoms with E-state index in [0.717, 1.165) is 42.4 Å². The zero-order chi connectivity index (χ0) is 20.5. The Morgan fingerprint density at radius 3 is 2.75 bits per heavy atom. The number of sulfone groups is 1. The summed E-state index contributed by atoms with van der Waals surface area (Å²) in [5, 5.41) is 9.63. The number of fused-ring (bicyclic) bond motifs is 1. The number of aromatic hydroxyl groups is 1. The number of rotatable bonds is 7. The van der Waals surface area contributed by atoms with Crippen LogP contribution in [0.2, 0.25) is 5.02 Å². The molecule has 0 unspecified atom stereocenters. The number of hydrogen-bond donors (Lipinski definition) is 1. The third kappa shape index (κ3) is 4.47. The monoisotopic (exact) mass is 424 g/mol. The van der Waals surface area contributed by atoms with Crippen LogP contribution < -0.4 is 0 Å². The molecule has 1 fully saturated rings. The van der Waals surface area contributed by atoms with Crippen molar-refractivity contribution in [3.63, 3.8) is 0 Å². The molecule has 4 nitrogen and oxygen atoms in total. The topological polar surface area (TPSA) is 63.6 Å². The highest BCUT2D eigenvalue weighted by Gasteiger charge is 2.47. The zero-order valence-electron chi connectivity index (χ0n) is 16.7. The highest BCUT2D eigenvalue weighted by atomic mass is 35.5. The average molecular weight is 425 g/mol. The molecule has 1 N–H and O–H groups in total. The molecular weight excluding hydrogens is 396 g/mol. The minimum absolute atomic E-state index is 0.116. The van der Waals surface area contributed by atoms with E-state index in [4.69, 9.17) is 16.3 Å². The molecule has 2 aliphatic rings. The third-order valence-corrected chi connectivity index (χ3v) is 7.94. The Bertz CT molecular complexity index is 899. The minimum Gasteiger partial charge on any atom is -0.508 e. The van der Waals surface area contributed by atoms with Crippen LogP contribution in [0.5, 0.6) is 5.75 Å². The summed E-state index contributed by atoms with van der Waals surface area (Å²) in [6, 6.07) is 5.00. The van der Waals surface area contributed by atoms with Crippen LogP contribution in [-0.4, -0.2) is 37.2 Å². The van der Waals surface area contributed by atoms with Crippen molar-refractivity contribution in [2.24, 2.45) is 5.92 Å². The van der Waals surface area contributed by atoms with E-state index in [2.05, 4.69) is 26.8 Å². The first kappa shape index (κ1) is 21.4. The molecule has 0 amide bonds. The van der Waals surface area contributed by atoms with Gasteiger partial charge in [-0.15, -0.1) is 0 Å². The predicted molar refractivity (Wildman–Crippen MR) is 114 cm³/mol. The summed E-state index contributed by atoms with van der Waals surface area (Å²) in [4.78, 5) is 0. The third-order valence-electron chi connectivity index (χ3n) is 5.64. The van der Waals surface area contributed by atoms with E-state index in [9.17, 15) is 13.5 Å². The van der Waals surface area contributed by atoms with Crippen molar-refractivity contribution in [1.29, 1.82) is 0 Å². The molecular formula is C22H29ClO4S. The molecule has 28 heavy (non-hydrogen) atoms. The van der Waals surface area contributed by atoms with Gasteiger partial charge in [0.25, 0.3) is 0 Å². The lowest BCUT2D eigenvalue weighted by atomic mass is 9.91. The summed E-state index contributed by atoms with van der Waals surface area (Å²) in [7, 11) is -3.11. The van der Waals surface area contributed by atoms with Crippen molar-refractivity contribution in [3.8, 4) is 5.75 Å². The van der Waals surface area contributed by atoms with Crippen LogP contribution in [0.3, 0.4) is 0 Å². The van der Waals surface area contributed by atoms with E-state index in [0.29, 0.717) is 5.02 Å². The fourth-order valence-corrected chi connectivity index (χ4v) is 6.54. The number of phenols is 1. The van der Waals surface area contributed by atoms with Crippen molar-refractivity contribution >= 4 is 27.5 Å². The van der Waals surface area contributed by atoms with E-state index < -0.39 is 15.1 Å². The molecule has 2 heterocycles. The second-order valence-electron chi connectivity index (χ2n) is 8.05. The summed E-state index contributed by atoms with van der Waals surface area (Å²) >= 11 is 6.26. The minimum atomic E-state index is -3.11. The molecule has 0 aliphatic carbocycles. The van der Waals surface area contributed by atoms with Crippen molar-refractivity contribution in [2.75, 3.05) is 12.4 Å². The van der Waals surface area contributed by atoms with Gasteiger partial charge < -0.3 is 9.84 Å². The average Bonchev–Trinajstić information content (AvgIpc) is 3.15. The van der Waals surface area contributed by atoms with Crippen LogP contribution in [0.15, 0.2) is 34.9 Å². The fraction of sp³-hybridized carbons (Fsp3) is 0.545. The van der Waals surface area contributed by atoms with Gasteiger partial charge in [-0.3, -0.25) is 0 Å². The first-order valence-electron chi connectivity index (χ1n) is 9.97. The lowest BCUT2D eigenvalue weighted by Crippen LogP contribution is -2.19. The Morgan fingerprint density at radius 1 is 1.36 bits per heavy atom. The second-order valence-corrected chi connectivity index (χ2v) is 10.6. The number of hydrogen-bond acceptors (Lipinski definition) is 4. The van der Waals surface area contributed by atoms with Gasteiger partial charge >= 0.3 is 0 Å². The first-order valence-corrected chi connectivity index (χ1v) is 12.1. The van der Waals surface area contributed by atoms with Gasteiger partial charge in [0.15, 0.2) is 9.84 Å². The van der Waals surface area contributed by atoms with Gasteiger partial charge in [-0.05, 0) is 60.1 Å². The van der Waals surface area contributed by atoms with Gasteiger partial charge in [0, 0.05) is 0 Å². The molecule has 1 aromatic rings. The molecule has 2 atom stereocenters. The molecule has 3 rings (SSSR count). The lowest BCUT2D eigenvalue weighted by molar-refractivity contribution is 0.117. The van der Waals surface area contributed by atoms with Crippen LogP contribution in [0.25, 0.3) is 6.08 Å². The molecule has 6 heteroatoms. The van der Waals surface area contributed by atoms with E-state index >= 15 is 0 Å². The standard InChI is InChI=1S/C22H29ClO4S/c1-4-5-15(10-16-7-8-17(24)11-19(16)23)6-9-20-22-18(14(2)3)13-28(25,26)21(22)12-27-20/h7-8,10-11,14,20-21,24H,4-6,9,12-13H2,1-3H3/b15-10+/t20-,21+/m1/s1. The van der Waals surface area contributed by atoms with Gasteiger partial charge in [-0.2, -0.15) is 0 Å². The van der Waals surface area contributed by atoms with E-state index in [1.807, 2.05) is 6.07 Å². The Balaban J connectivity index is 1.79. The molecule has 0 spiro atoms. The van der Waals surface area contributed by atoms with E-state index in [-0.39, 0.29) is 30.1 Å². The maximum absolute atomic E-state index is 12.5. The molecule has 0 saturated carbocycles. The Hall–Kier alpha value is -1.30. The molecule has 2 aliphatic heterocycles. The SMILES string of the molecule is CCC/C(=C\c1ccc(O)cc1Cl)CC[C@H]1OC[C@H]2C1=C(C(C)C)CS2(=O)=O. The zero-order valence-corrected chi connectivity index (χ0v) is 18.3. The second kappa shape index (κ2) is 8.60. The smallest absolute Gasteiger partial charge is 0.163 e. The van der Waals surface area contributed by atoms with E-state index in [1.54, 1.807) is 12.1 Å².